The Balaban J connectivity index is 1.43. The van der Waals surface area contributed by atoms with E-state index in [9.17, 15) is 9.90 Å². The molecule has 0 radical (unpaired) electrons. The summed E-state index contributed by atoms with van der Waals surface area (Å²) in [4.78, 5) is 14.2. The Labute approximate surface area is 200 Å². The molecular weight excluding hydrogens is 462 g/mol. The van der Waals surface area contributed by atoms with Crippen LogP contribution in [0.3, 0.4) is 0 Å². The lowest BCUT2D eigenvalue weighted by atomic mass is 10.2. The van der Waals surface area contributed by atoms with Crippen molar-refractivity contribution in [3.8, 4) is 5.75 Å². The Hall–Kier alpha value is -2.56. The molecule has 0 unspecified atom stereocenters. The van der Waals surface area contributed by atoms with Crippen LogP contribution in [0.1, 0.15) is 25.0 Å². The van der Waals surface area contributed by atoms with Crippen molar-refractivity contribution in [2.24, 2.45) is 5.10 Å². The maximum absolute atomic E-state index is 12.1. The lowest BCUT2D eigenvalue weighted by Crippen LogP contribution is -2.21. The second-order valence-corrected chi connectivity index (χ2v) is 10.0. The number of aromatic nitrogens is 2. The highest BCUT2D eigenvalue weighted by Crippen LogP contribution is 2.30. The van der Waals surface area contributed by atoms with Crippen LogP contribution in [0.5, 0.6) is 5.75 Å². The van der Waals surface area contributed by atoms with Gasteiger partial charge < -0.3 is 10.0 Å². The smallest absolute Gasteiger partial charge is 0.250 e. The molecule has 0 saturated heterocycles. The van der Waals surface area contributed by atoms with E-state index in [-0.39, 0.29) is 17.4 Å². The molecule has 0 atom stereocenters. The molecule has 3 aromatic rings. The van der Waals surface area contributed by atoms with Crippen LogP contribution in [-0.2, 0) is 10.5 Å². The predicted octanol–water partition coefficient (Wildman–Crippen LogP) is 4.62. The van der Waals surface area contributed by atoms with Crippen LogP contribution in [0, 0.1) is 0 Å². The van der Waals surface area contributed by atoms with Gasteiger partial charge in [-0.2, -0.15) is 5.10 Å². The zero-order valence-electron chi connectivity index (χ0n) is 17.9. The number of hydrogen-bond acceptors (Lipinski definition) is 9. The highest BCUT2D eigenvalue weighted by Gasteiger charge is 2.09. The molecule has 0 aliphatic carbocycles. The van der Waals surface area contributed by atoms with Gasteiger partial charge in [-0.3, -0.25) is 4.79 Å². The van der Waals surface area contributed by atoms with Crippen molar-refractivity contribution < 1.29 is 9.90 Å². The number of phenolic OH excluding ortho intramolecular Hbond substituents is 1. The van der Waals surface area contributed by atoms with Gasteiger partial charge in [-0.15, -0.1) is 10.2 Å². The quantitative estimate of drug-likeness (QED) is 0.232. The molecule has 1 amide bonds. The van der Waals surface area contributed by atoms with E-state index in [4.69, 9.17) is 0 Å². The van der Waals surface area contributed by atoms with Gasteiger partial charge in [0.1, 0.15) is 5.75 Å². The number of rotatable bonds is 11. The third-order valence-corrected chi connectivity index (χ3v) is 7.72. The Morgan fingerprint density at radius 3 is 2.53 bits per heavy atom. The van der Waals surface area contributed by atoms with Crippen LogP contribution in [0.4, 0.5) is 5.69 Å². The van der Waals surface area contributed by atoms with Crippen LogP contribution in [0.25, 0.3) is 0 Å². The fourth-order valence-electron chi connectivity index (χ4n) is 2.79. The minimum absolute atomic E-state index is 0.121. The molecule has 7 nitrogen and oxygen atoms in total. The van der Waals surface area contributed by atoms with Crippen molar-refractivity contribution in [3.05, 3.63) is 59.7 Å². The number of carbonyl (C=O) groups excluding carboxylic acids is 1. The molecule has 2 N–H and O–H groups in total. The predicted molar refractivity (Wildman–Crippen MR) is 134 cm³/mol. The number of hydrogen-bond donors (Lipinski definition) is 2. The van der Waals surface area contributed by atoms with Gasteiger partial charge in [-0.05, 0) is 31.5 Å². The first-order valence-corrected chi connectivity index (χ1v) is 12.9. The number of nitrogens with one attached hydrogen (secondary N) is 1. The Kier molecular flexibility index (Phi) is 9.39. The number of anilines is 1. The first-order valence-electron chi connectivity index (χ1n) is 10.1. The van der Waals surface area contributed by atoms with E-state index in [1.54, 1.807) is 23.9 Å². The molecule has 1 aromatic heterocycles. The minimum atomic E-state index is -0.251. The minimum Gasteiger partial charge on any atom is -0.507 e. The van der Waals surface area contributed by atoms with Crippen LogP contribution in [-0.4, -0.2) is 46.3 Å². The standard InChI is InChI=1S/C22H25N5O2S3/c1-3-27(4-2)18-11-10-17(19(28)12-18)13-23-24-20(29)15-31-22-26-25-21(32-22)30-14-16-8-6-5-7-9-16/h5-13,28H,3-4,14-15H2,1-2H3,(H,24,29)/b23-13-. The molecule has 0 aliphatic heterocycles. The molecule has 0 fully saturated rings. The van der Waals surface area contributed by atoms with Crippen LogP contribution in [0.15, 0.2) is 62.3 Å². The summed E-state index contributed by atoms with van der Waals surface area (Å²) in [5, 5.41) is 22.5. The summed E-state index contributed by atoms with van der Waals surface area (Å²) in [6.45, 7) is 5.85. The molecule has 0 spiro atoms. The topological polar surface area (TPSA) is 90.7 Å². The molecule has 0 saturated carbocycles. The van der Waals surface area contributed by atoms with Crippen molar-refractivity contribution in [2.45, 2.75) is 28.3 Å². The molecule has 32 heavy (non-hydrogen) atoms. The Morgan fingerprint density at radius 2 is 1.84 bits per heavy atom. The maximum atomic E-state index is 12.1. The fourth-order valence-corrected chi connectivity index (χ4v) is 5.56. The first kappa shape index (κ1) is 24.1. The molecule has 168 valence electrons. The lowest BCUT2D eigenvalue weighted by Gasteiger charge is -2.21. The summed E-state index contributed by atoms with van der Waals surface area (Å²) in [6.07, 6.45) is 1.44. The van der Waals surface area contributed by atoms with E-state index >= 15 is 0 Å². The molecule has 0 bridgehead atoms. The van der Waals surface area contributed by atoms with E-state index < -0.39 is 0 Å². The van der Waals surface area contributed by atoms with Crippen molar-refractivity contribution in [3.63, 3.8) is 0 Å². The van der Waals surface area contributed by atoms with E-state index in [1.807, 2.05) is 24.3 Å². The number of benzene rings is 2. The number of amides is 1. The van der Waals surface area contributed by atoms with Crippen LogP contribution in [0.2, 0.25) is 0 Å². The normalized spacial score (nSPS) is 11.1. The number of nitrogens with zero attached hydrogens (tertiary/aromatic N) is 4. The maximum Gasteiger partial charge on any atom is 0.250 e. The SMILES string of the molecule is CCN(CC)c1ccc(/C=N\NC(=O)CSc2nnc(SCc3ccccc3)s2)c(O)c1. The van der Waals surface area contributed by atoms with Crippen LogP contribution >= 0.6 is 34.9 Å². The highest BCUT2D eigenvalue weighted by atomic mass is 32.2. The average Bonchev–Trinajstić information content (AvgIpc) is 3.27. The monoisotopic (exact) mass is 487 g/mol. The number of thioether (sulfide) groups is 2. The lowest BCUT2D eigenvalue weighted by molar-refractivity contribution is -0.118. The summed E-state index contributed by atoms with van der Waals surface area (Å²) in [5.41, 5.74) is 5.20. The van der Waals surface area contributed by atoms with Gasteiger partial charge in [0, 0.05) is 36.2 Å². The zero-order valence-corrected chi connectivity index (χ0v) is 20.3. The van der Waals surface area contributed by atoms with Crippen LogP contribution < -0.4 is 10.3 Å². The molecule has 0 aliphatic rings. The molecule has 2 aromatic carbocycles. The summed E-state index contributed by atoms with van der Waals surface area (Å²) in [5.74, 6) is 0.885. The van der Waals surface area contributed by atoms with E-state index in [0.717, 1.165) is 33.2 Å². The van der Waals surface area contributed by atoms with Gasteiger partial charge >= 0.3 is 0 Å². The Bertz CT molecular complexity index is 1040. The average molecular weight is 488 g/mol. The van der Waals surface area contributed by atoms with Crippen molar-refractivity contribution in [2.75, 3.05) is 23.7 Å². The van der Waals surface area contributed by atoms with Gasteiger partial charge in [0.15, 0.2) is 8.68 Å². The summed E-state index contributed by atoms with van der Waals surface area (Å²) >= 11 is 4.42. The van der Waals surface area contributed by atoms with Gasteiger partial charge in [0.2, 0.25) is 0 Å². The fraction of sp³-hybridized carbons (Fsp3) is 0.273. The first-order chi connectivity index (χ1) is 15.6. The molecule has 3 rings (SSSR count). The molecule has 1 heterocycles. The van der Waals surface area contributed by atoms with Gasteiger partial charge in [-0.1, -0.05) is 65.2 Å². The summed E-state index contributed by atoms with van der Waals surface area (Å²) in [7, 11) is 0. The van der Waals surface area contributed by atoms with E-state index in [0.29, 0.717) is 5.56 Å². The van der Waals surface area contributed by atoms with Gasteiger partial charge in [0.25, 0.3) is 5.91 Å². The van der Waals surface area contributed by atoms with E-state index in [1.165, 1.54) is 34.9 Å². The van der Waals surface area contributed by atoms with E-state index in [2.05, 4.69) is 51.6 Å². The third-order valence-electron chi connectivity index (χ3n) is 4.46. The summed E-state index contributed by atoms with van der Waals surface area (Å²) in [6, 6.07) is 15.6. The largest absolute Gasteiger partial charge is 0.507 e. The third kappa shape index (κ3) is 7.25. The number of aromatic hydroxyl groups is 1. The number of carbonyl (C=O) groups is 1. The highest BCUT2D eigenvalue weighted by molar-refractivity contribution is 8.03. The van der Waals surface area contributed by atoms with Gasteiger partial charge in [0.05, 0.1) is 12.0 Å². The van der Waals surface area contributed by atoms with Crippen molar-refractivity contribution in [1.29, 1.82) is 0 Å². The summed E-state index contributed by atoms with van der Waals surface area (Å²) < 4.78 is 1.61. The second-order valence-electron chi connectivity index (χ2n) is 6.61. The molecule has 10 heteroatoms. The van der Waals surface area contributed by atoms with Gasteiger partial charge in [-0.25, -0.2) is 5.43 Å². The Morgan fingerprint density at radius 1 is 1.12 bits per heavy atom. The van der Waals surface area contributed by atoms with Crippen molar-refractivity contribution in [1.82, 2.24) is 15.6 Å². The molecular formula is C22H25N5O2S3. The number of hydrazone groups is 1. The number of phenols is 1. The zero-order chi connectivity index (χ0) is 22.8. The second kappa shape index (κ2) is 12.5. The van der Waals surface area contributed by atoms with Crippen molar-refractivity contribution >= 4 is 52.7 Å².